The molecule has 1 atom stereocenters. The number of sulfonamides is 1. The first-order valence-electron chi connectivity index (χ1n) is 7.64. The Bertz CT molecular complexity index is 913. The van der Waals surface area contributed by atoms with Gasteiger partial charge in [0.1, 0.15) is 5.82 Å². The summed E-state index contributed by atoms with van der Waals surface area (Å²) in [6.45, 7) is 0. The van der Waals surface area contributed by atoms with Crippen LogP contribution in [0.25, 0.3) is 0 Å². The normalized spacial score (nSPS) is 13.2. The van der Waals surface area contributed by atoms with E-state index in [1.54, 1.807) is 0 Å². The molecule has 146 valence electrons. The lowest BCUT2D eigenvalue weighted by Crippen LogP contribution is -2.30. The van der Waals surface area contributed by atoms with Crippen molar-refractivity contribution in [2.45, 2.75) is 18.6 Å². The molecule has 0 fully saturated rings. The molecule has 10 heteroatoms. The van der Waals surface area contributed by atoms with Crippen LogP contribution in [0.4, 0.5) is 23.2 Å². The fourth-order valence-corrected chi connectivity index (χ4v) is 3.09. The van der Waals surface area contributed by atoms with E-state index in [4.69, 9.17) is 0 Å². The van der Waals surface area contributed by atoms with E-state index in [9.17, 15) is 30.8 Å². The van der Waals surface area contributed by atoms with Crippen LogP contribution in [0.3, 0.4) is 0 Å². The zero-order valence-corrected chi connectivity index (χ0v) is 14.9. The fraction of sp³-hybridized carbons (Fsp3) is 0.235. The summed E-state index contributed by atoms with van der Waals surface area (Å²) in [5, 5.41) is 2.30. The molecule has 2 aromatic rings. The van der Waals surface area contributed by atoms with Gasteiger partial charge in [0.05, 0.1) is 17.9 Å². The number of nitrogens with one attached hydrogen (secondary N) is 2. The molecule has 27 heavy (non-hydrogen) atoms. The highest BCUT2D eigenvalue weighted by molar-refractivity contribution is 7.88. The summed E-state index contributed by atoms with van der Waals surface area (Å²) in [5.41, 5.74) is -0.669. The highest BCUT2D eigenvalue weighted by Gasteiger charge is 2.30. The van der Waals surface area contributed by atoms with E-state index in [0.29, 0.717) is 5.56 Å². The Morgan fingerprint density at radius 2 is 1.74 bits per heavy atom. The molecule has 0 bridgehead atoms. The summed E-state index contributed by atoms with van der Waals surface area (Å²) in [6, 6.07) is 7.90. The van der Waals surface area contributed by atoms with Crippen LogP contribution in [0.1, 0.15) is 23.6 Å². The Kier molecular flexibility index (Phi) is 6.22. The summed E-state index contributed by atoms with van der Waals surface area (Å²) in [5.74, 6) is -1.25. The van der Waals surface area contributed by atoms with Crippen molar-refractivity contribution in [3.05, 3.63) is 65.5 Å². The average molecular weight is 404 g/mol. The van der Waals surface area contributed by atoms with Gasteiger partial charge >= 0.3 is 6.18 Å². The first kappa shape index (κ1) is 20.8. The molecule has 0 saturated carbocycles. The average Bonchev–Trinajstić information content (AvgIpc) is 2.53. The van der Waals surface area contributed by atoms with Crippen LogP contribution < -0.4 is 10.0 Å². The van der Waals surface area contributed by atoms with E-state index in [2.05, 4.69) is 10.0 Å². The SMILES string of the molecule is CS(=O)(=O)N[C@@H](CC(=O)Nc1cccc(C(F)(F)F)c1)c1ccc(F)cc1. The largest absolute Gasteiger partial charge is 0.416 e. The number of hydrogen-bond donors (Lipinski definition) is 2. The van der Waals surface area contributed by atoms with Crippen molar-refractivity contribution < 1.29 is 30.8 Å². The van der Waals surface area contributed by atoms with Crippen molar-refractivity contribution in [2.24, 2.45) is 0 Å². The summed E-state index contributed by atoms with van der Waals surface area (Å²) >= 11 is 0. The van der Waals surface area contributed by atoms with Crippen molar-refractivity contribution in [3.63, 3.8) is 0 Å². The number of amides is 1. The van der Waals surface area contributed by atoms with Gasteiger partial charge in [0.2, 0.25) is 15.9 Å². The molecular weight excluding hydrogens is 388 g/mol. The van der Waals surface area contributed by atoms with Crippen molar-refractivity contribution in [1.82, 2.24) is 4.72 Å². The van der Waals surface area contributed by atoms with E-state index in [-0.39, 0.29) is 5.69 Å². The zero-order chi connectivity index (χ0) is 20.2. The maximum atomic E-state index is 13.1. The topological polar surface area (TPSA) is 75.3 Å². The predicted octanol–water partition coefficient (Wildman–Crippen LogP) is 3.46. The number of rotatable bonds is 6. The minimum Gasteiger partial charge on any atom is -0.326 e. The van der Waals surface area contributed by atoms with Gasteiger partial charge in [0, 0.05) is 12.1 Å². The molecule has 0 aromatic heterocycles. The van der Waals surface area contributed by atoms with Crippen molar-refractivity contribution in [1.29, 1.82) is 0 Å². The first-order chi connectivity index (χ1) is 12.4. The monoisotopic (exact) mass is 404 g/mol. The third kappa shape index (κ3) is 6.65. The van der Waals surface area contributed by atoms with Gasteiger partial charge in [-0.1, -0.05) is 18.2 Å². The highest BCUT2D eigenvalue weighted by atomic mass is 32.2. The quantitative estimate of drug-likeness (QED) is 0.724. The van der Waals surface area contributed by atoms with Crippen molar-refractivity contribution in [3.8, 4) is 0 Å². The molecular formula is C17H16F4N2O3S. The Hall–Kier alpha value is -2.46. The number of carbonyl (C=O) groups excluding carboxylic acids is 1. The lowest BCUT2D eigenvalue weighted by atomic mass is 10.0. The second kappa shape index (κ2) is 8.05. The molecule has 2 aromatic carbocycles. The van der Waals surface area contributed by atoms with Crippen LogP contribution in [0, 0.1) is 5.82 Å². The van der Waals surface area contributed by atoms with Crippen LogP contribution in [0.2, 0.25) is 0 Å². The summed E-state index contributed by atoms with van der Waals surface area (Å²) in [6.07, 6.45) is -4.06. The third-order valence-electron chi connectivity index (χ3n) is 3.49. The Labute approximate surface area is 153 Å². The van der Waals surface area contributed by atoms with E-state index in [0.717, 1.165) is 36.6 Å². The van der Waals surface area contributed by atoms with Gasteiger partial charge in [-0.25, -0.2) is 17.5 Å². The molecule has 0 spiro atoms. The van der Waals surface area contributed by atoms with Gasteiger partial charge in [0.25, 0.3) is 0 Å². The van der Waals surface area contributed by atoms with Crippen molar-refractivity contribution in [2.75, 3.05) is 11.6 Å². The van der Waals surface area contributed by atoms with Crippen LogP contribution in [-0.4, -0.2) is 20.6 Å². The molecule has 0 heterocycles. The zero-order valence-electron chi connectivity index (χ0n) is 14.0. The molecule has 2 rings (SSSR count). The Morgan fingerprint density at radius 1 is 1.11 bits per heavy atom. The molecule has 0 aliphatic rings. The molecule has 0 saturated heterocycles. The lowest BCUT2D eigenvalue weighted by molar-refractivity contribution is -0.137. The van der Waals surface area contributed by atoms with Crippen LogP contribution in [0.5, 0.6) is 0 Å². The van der Waals surface area contributed by atoms with Crippen molar-refractivity contribution >= 4 is 21.6 Å². The number of carbonyl (C=O) groups is 1. The van der Waals surface area contributed by atoms with Gasteiger partial charge in [-0.05, 0) is 35.9 Å². The minimum atomic E-state index is -4.56. The minimum absolute atomic E-state index is 0.0768. The molecule has 0 aliphatic carbocycles. The lowest BCUT2D eigenvalue weighted by Gasteiger charge is -2.18. The number of anilines is 1. The molecule has 0 radical (unpaired) electrons. The Morgan fingerprint density at radius 3 is 2.30 bits per heavy atom. The maximum Gasteiger partial charge on any atom is 0.416 e. The van der Waals surface area contributed by atoms with Gasteiger partial charge in [0.15, 0.2) is 0 Å². The second-order valence-corrected chi connectivity index (χ2v) is 7.61. The molecule has 2 N–H and O–H groups in total. The fourth-order valence-electron chi connectivity index (χ4n) is 2.35. The molecule has 1 amide bonds. The van der Waals surface area contributed by atoms with E-state index >= 15 is 0 Å². The number of alkyl halides is 3. The first-order valence-corrected chi connectivity index (χ1v) is 9.53. The van der Waals surface area contributed by atoms with Gasteiger partial charge in [-0.15, -0.1) is 0 Å². The van der Waals surface area contributed by atoms with E-state index in [1.807, 2.05) is 0 Å². The summed E-state index contributed by atoms with van der Waals surface area (Å²) in [7, 11) is -3.70. The van der Waals surface area contributed by atoms with Crippen LogP contribution >= 0.6 is 0 Å². The Balaban J connectivity index is 2.17. The third-order valence-corrected chi connectivity index (χ3v) is 4.20. The highest BCUT2D eigenvalue weighted by Crippen LogP contribution is 2.30. The number of halogens is 4. The number of hydrogen-bond acceptors (Lipinski definition) is 3. The van der Waals surface area contributed by atoms with Crippen LogP contribution in [0.15, 0.2) is 48.5 Å². The van der Waals surface area contributed by atoms with Gasteiger partial charge in [-0.3, -0.25) is 4.79 Å². The van der Waals surface area contributed by atoms with Crippen LogP contribution in [-0.2, 0) is 21.0 Å². The van der Waals surface area contributed by atoms with E-state index in [1.165, 1.54) is 18.2 Å². The summed E-state index contributed by atoms with van der Waals surface area (Å²) < 4.78 is 76.6. The summed E-state index contributed by atoms with van der Waals surface area (Å²) in [4.78, 5) is 12.2. The number of benzene rings is 2. The smallest absolute Gasteiger partial charge is 0.326 e. The van der Waals surface area contributed by atoms with E-state index < -0.39 is 46.0 Å². The maximum absolute atomic E-state index is 13.1. The van der Waals surface area contributed by atoms with Gasteiger partial charge in [-0.2, -0.15) is 13.2 Å². The second-order valence-electron chi connectivity index (χ2n) is 5.83. The molecule has 5 nitrogen and oxygen atoms in total. The molecule has 0 aliphatic heterocycles. The standard InChI is InChI=1S/C17H16F4N2O3S/c1-27(25,26)23-15(11-5-7-13(18)8-6-11)10-16(24)22-14-4-2-3-12(9-14)17(19,20)21/h2-9,15,23H,10H2,1H3,(H,22,24)/t15-/m0/s1. The predicted molar refractivity (Wildman–Crippen MR) is 91.8 cm³/mol. The molecule has 0 unspecified atom stereocenters. The van der Waals surface area contributed by atoms with Gasteiger partial charge < -0.3 is 5.32 Å².